The molecule has 2 aromatic heterocycles. The van der Waals surface area contributed by atoms with Gasteiger partial charge in [0, 0.05) is 23.2 Å². The van der Waals surface area contributed by atoms with Gasteiger partial charge in [-0.05, 0) is 44.4 Å². The molecular weight excluding hydrogens is 371 g/mol. The minimum absolute atomic E-state index is 0.0101. The zero-order chi connectivity index (χ0) is 20.1. The predicted octanol–water partition coefficient (Wildman–Crippen LogP) is 2.68. The summed E-state index contributed by atoms with van der Waals surface area (Å²) in [5, 5.41) is 17.2. The molecule has 2 aliphatic rings. The molecule has 29 heavy (non-hydrogen) atoms. The second kappa shape index (κ2) is 6.55. The second-order valence-corrected chi connectivity index (χ2v) is 7.71. The maximum absolute atomic E-state index is 14.8. The van der Waals surface area contributed by atoms with Crippen LogP contribution in [0.25, 0.3) is 16.7 Å². The molecule has 4 heterocycles. The molecule has 0 saturated carbocycles. The highest BCUT2D eigenvalue weighted by Gasteiger charge is 2.46. The van der Waals surface area contributed by atoms with Gasteiger partial charge in [0.2, 0.25) is 0 Å². The van der Waals surface area contributed by atoms with Crippen LogP contribution in [0.1, 0.15) is 35.3 Å². The van der Waals surface area contributed by atoms with E-state index in [0.717, 1.165) is 25.0 Å². The normalized spacial score (nSPS) is 22.8. The molecule has 3 aromatic rings. The van der Waals surface area contributed by atoms with Gasteiger partial charge < -0.3 is 10.2 Å². The average molecular weight is 390 g/mol. The first kappa shape index (κ1) is 17.6. The van der Waals surface area contributed by atoms with E-state index in [0.29, 0.717) is 16.7 Å². The van der Waals surface area contributed by atoms with E-state index in [4.69, 9.17) is 0 Å². The fraction of sp³-hybridized carbons (Fsp3) is 0.333. The number of carbonyl (C=O) groups is 1. The monoisotopic (exact) mass is 390 g/mol. The number of nitrogens with one attached hydrogen (secondary N) is 1. The molecule has 146 valence electrons. The topological polar surface area (TPSA) is 86.8 Å². The number of nitrogens with zero attached hydrogens (tertiary/aromatic N) is 5. The van der Waals surface area contributed by atoms with Crippen molar-refractivity contribution in [3.63, 3.8) is 0 Å². The van der Waals surface area contributed by atoms with Crippen molar-refractivity contribution >= 4 is 16.8 Å². The van der Waals surface area contributed by atoms with E-state index in [2.05, 4.69) is 21.6 Å². The van der Waals surface area contributed by atoms with Crippen LogP contribution in [-0.2, 0) is 0 Å². The molecule has 2 aliphatic heterocycles. The number of hydrogen-bond donors (Lipinski definition) is 1. The summed E-state index contributed by atoms with van der Waals surface area (Å²) in [6.07, 6.45) is 6.39. The molecule has 1 amide bonds. The molecule has 2 fully saturated rings. The van der Waals surface area contributed by atoms with Gasteiger partial charge in [-0.25, -0.2) is 14.1 Å². The van der Waals surface area contributed by atoms with Gasteiger partial charge in [-0.1, -0.05) is 6.07 Å². The van der Waals surface area contributed by atoms with Gasteiger partial charge in [0.15, 0.2) is 12.0 Å². The number of hydrogen-bond acceptors (Lipinski definition) is 5. The van der Waals surface area contributed by atoms with Crippen LogP contribution in [0.4, 0.5) is 4.39 Å². The van der Waals surface area contributed by atoms with Crippen molar-refractivity contribution in [1.82, 2.24) is 25.0 Å². The number of carbonyl (C=O) groups excluding carboxylic acids is 1. The number of aryl methyl sites for hydroxylation is 1. The van der Waals surface area contributed by atoms with Crippen molar-refractivity contribution in [2.75, 3.05) is 0 Å². The summed E-state index contributed by atoms with van der Waals surface area (Å²) in [6, 6.07) is 8.45. The Kier molecular flexibility index (Phi) is 3.98. The lowest BCUT2D eigenvalue weighted by Gasteiger charge is -2.22. The Morgan fingerprint density at radius 2 is 2.21 bits per heavy atom. The smallest absolute Gasteiger partial charge is 0.254 e. The fourth-order valence-corrected chi connectivity index (χ4v) is 4.60. The summed E-state index contributed by atoms with van der Waals surface area (Å²) in [6.45, 7) is 1.88. The number of nitriles is 1. The first-order valence-electron chi connectivity index (χ1n) is 9.65. The van der Waals surface area contributed by atoms with Crippen LogP contribution in [-0.4, -0.2) is 43.7 Å². The fourth-order valence-electron chi connectivity index (χ4n) is 4.60. The first-order chi connectivity index (χ1) is 14.0. The first-order valence-corrected chi connectivity index (χ1v) is 9.65. The minimum atomic E-state index is -0.607. The second-order valence-electron chi connectivity index (χ2n) is 7.71. The van der Waals surface area contributed by atoms with Crippen LogP contribution in [0.2, 0.25) is 0 Å². The molecule has 8 heteroatoms. The largest absolute Gasteiger partial charge is 0.347 e. The zero-order valence-electron chi connectivity index (χ0n) is 15.8. The van der Waals surface area contributed by atoms with E-state index in [-0.39, 0.29) is 23.7 Å². The van der Waals surface area contributed by atoms with Crippen LogP contribution in [0, 0.1) is 24.2 Å². The molecule has 7 nitrogen and oxygen atoms in total. The summed E-state index contributed by atoms with van der Waals surface area (Å²) < 4.78 is 16.4. The Balaban J connectivity index is 1.43. The summed E-state index contributed by atoms with van der Waals surface area (Å²) in [7, 11) is 0. The molecule has 1 aromatic carbocycles. The lowest BCUT2D eigenvalue weighted by molar-refractivity contribution is 0.0924. The van der Waals surface area contributed by atoms with E-state index in [1.54, 1.807) is 21.8 Å². The number of benzene rings is 1. The number of amides is 1. The van der Waals surface area contributed by atoms with Crippen molar-refractivity contribution in [2.45, 2.75) is 44.3 Å². The molecule has 2 bridgehead atoms. The highest BCUT2D eigenvalue weighted by atomic mass is 19.1. The van der Waals surface area contributed by atoms with Gasteiger partial charge in [0.1, 0.15) is 5.82 Å². The van der Waals surface area contributed by atoms with Crippen LogP contribution in [0.3, 0.4) is 0 Å². The third-order valence-corrected chi connectivity index (χ3v) is 5.96. The quantitative estimate of drug-likeness (QED) is 0.695. The Labute approximate surface area is 166 Å². The Bertz CT molecular complexity index is 1170. The van der Waals surface area contributed by atoms with Crippen LogP contribution in [0.5, 0.6) is 0 Å². The van der Waals surface area contributed by atoms with E-state index < -0.39 is 11.7 Å². The third-order valence-electron chi connectivity index (χ3n) is 5.96. The maximum atomic E-state index is 14.8. The molecule has 0 radical (unpaired) electrons. The number of fused-ring (bicyclic) bond motifs is 3. The highest BCUT2D eigenvalue weighted by molar-refractivity contribution is 5.98. The lowest BCUT2D eigenvalue weighted by atomic mass is 9.95. The van der Waals surface area contributed by atoms with Gasteiger partial charge in [-0.3, -0.25) is 4.79 Å². The molecule has 3 atom stereocenters. The number of aromatic nitrogens is 3. The molecular formula is C21H19FN6O. The number of rotatable bonds is 3. The molecule has 1 N–H and O–H groups in total. The SMILES string of the molecule is Cc1cccc(-n2ncc3cc(C(=O)N[C@@H]4C[C@@H]5CC[C@H]4N5C#N)c(F)cc32)n1. The third kappa shape index (κ3) is 2.81. The number of pyridine rings is 1. The maximum Gasteiger partial charge on any atom is 0.254 e. The minimum Gasteiger partial charge on any atom is -0.347 e. The van der Waals surface area contributed by atoms with Crippen LogP contribution in [0.15, 0.2) is 36.5 Å². The summed E-state index contributed by atoms with van der Waals surface area (Å²) in [5.41, 5.74) is 1.37. The van der Waals surface area contributed by atoms with Crippen molar-refractivity contribution in [3.05, 3.63) is 53.6 Å². The van der Waals surface area contributed by atoms with Crippen molar-refractivity contribution in [2.24, 2.45) is 0 Å². The highest BCUT2D eigenvalue weighted by Crippen LogP contribution is 2.37. The van der Waals surface area contributed by atoms with Crippen LogP contribution >= 0.6 is 0 Å². The zero-order valence-corrected chi connectivity index (χ0v) is 15.8. The van der Waals surface area contributed by atoms with Crippen LogP contribution < -0.4 is 5.32 Å². The van der Waals surface area contributed by atoms with Gasteiger partial charge >= 0.3 is 0 Å². The molecule has 0 aliphatic carbocycles. The molecule has 5 rings (SSSR count). The molecule has 2 saturated heterocycles. The van der Waals surface area contributed by atoms with E-state index in [9.17, 15) is 14.4 Å². The average Bonchev–Trinajstić information content (AvgIpc) is 3.38. The van der Waals surface area contributed by atoms with Gasteiger partial charge in [-0.15, -0.1) is 0 Å². The van der Waals surface area contributed by atoms with Crippen molar-refractivity contribution in [3.8, 4) is 12.0 Å². The van der Waals surface area contributed by atoms with Crippen molar-refractivity contribution < 1.29 is 9.18 Å². The summed E-state index contributed by atoms with van der Waals surface area (Å²) in [4.78, 5) is 19.0. The Morgan fingerprint density at radius 3 is 2.97 bits per heavy atom. The van der Waals surface area contributed by atoms with Gasteiger partial charge in [0.05, 0.1) is 29.4 Å². The Morgan fingerprint density at radius 1 is 1.34 bits per heavy atom. The standard InChI is InChI=1S/C21H19FN6O/c1-12-3-2-4-20(25-12)28-19-9-16(22)15(7-13(19)10-24-28)21(29)26-17-8-14-5-6-18(17)27(14)11-23/h2-4,7,9-10,14,17-18H,5-6,8H2,1H3,(H,26,29)/t14-,17+,18+/m0/s1. The molecule has 0 spiro atoms. The lowest BCUT2D eigenvalue weighted by Crippen LogP contribution is -2.43. The van der Waals surface area contributed by atoms with Gasteiger partial charge in [-0.2, -0.15) is 10.4 Å². The summed E-state index contributed by atoms with van der Waals surface area (Å²) in [5.74, 6) is -0.471. The van der Waals surface area contributed by atoms with E-state index in [1.807, 2.05) is 19.1 Å². The summed E-state index contributed by atoms with van der Waals surface area (Å²) >= 11 is 0. The van der Waals surface area contributed by atoms with E-state index in [1.165, 1.54) is 12.1 Å². The molecule has 0 unspecified atom stereocenters. The van der Waals surface area contributed by atoms with Gasteiger partial charge in [0.25, 0.3) is 5.91 Å². The van der Waals surface area contributed by atoms with E-state index >= 15 is 0 Å². The Hall–Kier alpha value is -3.47. The van der Waals surface area contributed by atoms with Crippen molar-refractivity contribution in [1.29, 1.82) is 5.26 Å². The number of halogens is 1. The predicted molar refractivity (Wildman–Crippen MR) is 104 cm³/mol.